The average Bonchev–Trinajstić information content (AvgIpc) is 3.21. The Labute approximate surface area is 148 Å². The van der Waals surface area contributed by atoms with Crippen LogP contribution in [-0.2, 0) is 4.74 Å². The molecule has 1 aliphatic rings. The number of benzene rings is 1. The van der Waals surface area contributed by atoms with Crippen molar-refractivity contribution in [3.63, 3.8) is 0 Å². The minimum atomic E-state index is -0.935. The molecule has 4 rings (SSSR count). The van der Waals surface area contributed by atoms with Crippen LogP contribution in [0.5, 0.6) is 0 Å². The van der Waals surface area contributed by atoms with Crippen LogP contribution in [0, 0.1) is 25.5 Å². The summed E-state index contributed by atoms with van der Waals surface area (Å²) < 4.78 is 39.3. The lowest BCUT2D eigenvalue weighted by Crippen LogP contribution is -2.15. The van der Waals surface area contributed by atoms with Crippen LogP contribution in [0.4, 0.5) is 8.78 Å². The van der Waals surface area contributed by atoms with Crippen LogP contribution < -0.4 is 0 Å². The van der Waals surface area contributed by atoms with Gasteiger partial charge in [0.2, 0.25) is 0 Å². The Kier molecular flexibility index (Phi) is 4.28. The molecule has 0 atom stereocenters. The third-order valence-corrected chi connectivity index (χ3v) is 4.61. The van der Waals surface area contributed by atoms with Crippen molar-refractivity contribution in [2.24, 2.45) is 0 Å². The molecule has 8 heteroatoms. The highest BCUT2D eigenvalue weighted by molar-refractivity contribution is 5.62. The summed E-state index contributed by atoms with van der Waals surface area (Å²) in [6, 6.07) is 3.67. The fourth-order valence-electron chi connectivity index (χ4n) is 3.22. The van der Waals surface area contributed by atoms with Crippen molar-refractivity contribution < 1.29 is 18.0 Å². The molecular weight excluding hydrogens is 342 g/mol. The van der Waals surface area contributed by atoms with Gasteiger partial charge in [-0.3, -0.25) is 0 Å². The molecule has 0 N–H and O–H groups in total. The molecule has 3 aromatic rings. The average molecular weight is 360 g/mol. The van der Waals surface area contributed by atoms with E-state index in [9.17, 15) is 8.78 Å². The minimum absolute atomic E-state index is 0.162. The quantitative estimate of drug-likeness (QED) is 0.712. The fraction of sp³-hybridized carbons (Fsp3) is 0.389. The third kappa shape index (κ3) is 2.90. The highest BCUT2D eigenvalue weighted by Gasteiger charge is 2.26. The van der Waals surface area contributed by atoms with Gasteiger partial charge < -0.3 is 9.26 Å². The van der Waals surface area contributed by atoms with Gasteiger partial charge in [-0.1, -0.05) is 5.16 Å². The second-order valence-corrected chi connectivity index (χ2v) is 6.39. The first-order chi connectivity index (χ1) is 12.5. The molecule has 6 nitrogen and oxygen atoms in total. The number of halogens is 2. The van der Waals surface area contributed by atoms with Crippen LogP contribution >= 0.6 is 0 Å². The summed E-state index contributed by atoms with van der Waals surface area (Å²) >= 11 is 0. The van der Waals surface area contributed by atoms with Gasteiger partial charge in [0.05, 0.1) is 16.9 Å². The Balaban J connectivity index is 1.87. The number of nitrogens with zero attached hydrogens (tertiary/aromatic N) is 4. The second-order valence-electron chi connectivity index (χ2n) is 6.39. The van der Waals surface area contributed by atoms with E-state index in [1.54, 1.807) is 6.92 Å². The maximum atomic E-state index is 13.8. The first-order valence-electron chi connectivity index (χ1n) is 8.48. The summed E-state index contributed by atoms with van der Waals surface area (Å²) in [7, 11) is 0. The lowest BCUT2D eigenvalue weighted by atomic mass is 10.00. The number of aryl methyl sites for hydroxylation is 2. The molecule has 0 radical (unpaired) electrons. The van der Waals surface area contributed by atoms with E-state index in [2.05, 4.69) is 10.3 Å². The van der Waals surface area contributed by atoms with Gasteiger partial charge >= 0.3 is 0 Å². The summed E-state index contributed by atoms with van der Waals surface area (Å²) in [5.74, 6) is 0.0845. The predicted molar refractivity (Wildman–Crippen MR) is 89.0 cm³/mol. The number of hydrogen-bond acceptors (Lipinski definition) is 5. The van der Waals surface area contributed by atoms with Crippen LogP contribution in [0.3, 0.4) is 0 Å². The monoisotopic (exact) mass is 360 g/mol. The van der Waals surface area contributed by atoms with E-state index < -0.39 is 11.6 Å². The van der Waals surface area contributed by atoms with Gasteiger partial charge in [0.15, 0.2) is 23.3 Å². The van der Waals surface area contributed by atoms with Gasteiger partial charge in [-0.15, -0.1) is 0 Å². The zero-order chi connectivity index (χ0) is 18.3. The summed E-state index contributed by atoms with van der Waals surface area (Å²) in [5.41, 5.74) is 1.77. The van der Waals surface area contributed by atoms with E-state index in [0.717, 1.165) is 25.0 Å². The lowest BCUT2D eigenvalue weighted by molar-refractivity contribution is 0.0836. The van der Waals surface area contributed by atoms with Gasteiger partial charge in [-0.2, -0.15) is 5.10 Å². The molecule has 0 saturated carbocycles. The number of hydrogen-bond donors (Lipinski definition) is 0. The van der Waals surface area contributed by atoms with Crippen molar-refractivity contribution in [2.45, 2.75) is 32.6 Å². The maximum absolute atomic E-state index is 13.8. The Morgan fingerprint density at radius 2 is 1.88 bits per heavy atom. The van der Waals surface area contributed by atoms with Gasteiger partial charge in [-0.25, -0.2) is 18.4 Å². The van der Waals surface area contributed by atoms with Crippen molar-refractivity contribution in [2.75, 3.05) is 13.2 Å². The zero-order valence-electron chi connectivity index (χ0n) is 14.5. The summed E-state index contributed by atoms with van der Waals surface area (Å²) in [6.45, 7) is 4.91. The lowest BCUT2D eigenvalue weighted by Gasteiger charge is -2.18. The highest BCUT2D eigenvalue weighted by Crippen LogP contribution is 2.31. The zero-order valence-corrected chi connectivity index (χ0v) is 14.5. The second kappa shape index (κ2) is 6.60. The molecule has 1 saturated heterocycles. The normalized spacial score (nSPS) is 15.5. The molecule has 3 heterocycles. The molecule has 0 amide bonds. The standard InChI is InChI=1S/C18H18F2N4O2/c1-10-16(11(2)26-23-10)18-21-17(12-5-7-25-8-6-12)22-24(18)13-3-4-14(19)15(20)9-13/h3-4,9,12H,5-8H2,1-2H3. The molecule has 1 fully saturated rings. The van der Waals surface area contributed by atoms with Crippen LogP contribution in [0.1, 0.15) is 36.0 Å². The number of rotatable bonds is 3. The molecule has 26 heavy (non-hydrogen) atoms. The third-order valence-electron chi connectivity index (χ3n) is 4.61. The SMILES string of the molecule is Cc1noc(C)c1-c1nc(C2CCOCC2)nn1-c1ccc(F)c(F)c1. The van der Waals surface area contributed by atoms with E-state index in [0.29, 0.717) is 47.6 Å². The number of aromatic nitrogens is 4. The van der Waals surface area contributed by atoms with Gasteiger partial charge in [0, 0.05) is 25.2 Å². The van der Waals surface area contributed by atoms with Crippen molar-refractivity contribution in [3.8, 4) is 17.1 Å². The molecule has 0 aliphatic carbocycles. The van der Waals surface area contributed by atoms with Crippen LogP contribution in [-0.4, -0.2) is 33.1 Å². The van der Waals surface area contributed by atoms with Crippen molar-refractivity contribution in [3.05, 3.63) is 47.1 Å². The van der Waals surface area contributed by atoms with E-state index >= 15 is 0 Å². The van der Waals surface area contributed by atoms with E-state index in [1.807, 2.05) is 6.92 Å². The first kappa shape index (κ1) is 16.8. The largest absolute Gasteiger partial charge is 0.381 e. The molecule has 0 spiro atoms. The van der Waals surface area contributed by atoms with Gasteiger partial charge in [0.25, 0.3) is 0 Å². The smallest absolute Gasteiger partial charge is 0.168 e. The molecule has 1 aliphatic heterocycles. The van der Waals surface area contributed by atoms with Crippen LogP contribution in [0.25, 0.3) is 17.1 Å². The molecule has 1 aromatic carbocycles. The Bertz CT molecular complexity index is 925. The molecule has 0 unspecified atom stereocenters. The van der Waals surface area contributed by atoms with Crippen molar-refractivity contribution in [1.82, 2.24) is 19.9 Å². The first-order valence-corrected chi connectivity index (χ1v) is 8.48. The molecule has 2 aromatic heterocycles. The predicted octanol–water partition coefficient (Wildman–Crippen LogP) is 3.71. The van der Waals surface area contributed by atoms with E-state index in [-0.39, 0.29) is 5.92 Å². The van der Waals surface area contributed by atoms with Crippen LogP contribution in [0.15, 0.2) is 22.7 Å². The van der Waals surface area contributed by atoms with Crippen molar-refractivity contribution in [1.29, 1.82) is 0 Å². The highest BCUT2D eigenvalue weighted by atomic mass is 19.2. The molecular formula is C18H18F2N4O2. The van der Waals surface area contributed by atoms with Crippen molar-refractivity contribution >= 4 is 0 Å². The molecule has 136 valence electrons. The minimum Gasteiger partial charge on any atom is -0.381 e. The van der Waals surface area contributed by atoms with E-state index in [1.165, 1.54) is 10.7 Å². The summed E-state index contributed by atoms with van der Waals surface area (Å²) in [6.07, 6.45) is 1.64. The van der Waals surface area contributed by atoms with Gasteiger partial charge in [-0.05, 0) is 38.8 Å². The Hall–Kier alpha value is -2.61. The maximum Gasteiger partial charge on any atom is 0.168 e. The Morgan fingerprint density at radius 1 is 1.12 bits per heavy atom. The fourth-order valence-corrected chi connectivity index (χ4v) is 3.22. The Morgan fingerprint density at radius 3 is 2.54 bits per heavy atom. The summed E-state index contributed by atoms with van der Waals surface area (Å²) in [5, 5.41) is 8.58. The number of ether oxygens (including phenoxy) is 1. The van der Waals surface area contributed by atoms with Gasteiger partial charge in [0.1, 0.15) is 5.76 Å². The molecule has 0 bridgehead atoms. The topological polar surface area (TPSA) is 66.0 Å². The van der Waals surface area contributed by atoms with E-state index in [4.69, 9.17) is 14.2 Å². The van der Waals surface area contributed by atoms with Crippen LogP contribution in [0.2, 0.25) is 0 Å². The summed E-state index contributed by atoms with van der Waals surface area (Å²) in [4.78, 5) is 4.71.